The molecule has 0 spiro atoms. The number of nitriles is 1. The fourth-order valence-electron chi connectivity index (χ4n) is 1.95. The van der Waals surface area contributed by atoms with Crippen LogP contribution in [0.3, 0.4) is 0 Å². The topological polar surface area (TPSA) is 47.3 Å². The summed E-state index contributed by atoms with van der Waals surface area (Å²) in [5, 5.41) is 18.3. The highest BCUT2D eigenvalue weighted by Gasteiger charge is 2.20. The van der Waals surface area contributed by atoms with Crippen LogP contribution in [-0.2, 0) is 0 Å². The fraction of sp³-hybridized carbons (Fsp3) is 0.417. The molecule has 0 saturated carbocycles. The summed E-state index contributed by atoms with van der Waals surface area (Å²) in [6, 6.07) is 7.96. The zero-order valence-corrected chi connectivity index (χ0v) is 8.77. The molecule has 1 atom stereocenters. The van der Waals surface area contributed by atoms with Crippen molar-refractivity contribution in [3.05, 3.63) is 29.3 Å². The first-order valence-corrected chi connectivity index (χ1v) is 5.14. The van der Waals surface area contributed by atoms with Crippen LogP contribution in [0.1, 0.15) is 17.5 Å². The molecule has 1 aromatic carbocycles. The third-order valence-corrected chi connectivity index (χ3v) is 2.86. The molecule has 1 fully saturated rings. The Hall–Kier alpha value is -1.53. The minimum Gasteiger partial charge on any atom is -0.391 e. The highest BCUT2D eigenvalue weighted by Crippen LogP contribution is 2.22. The van der Waals surface area contributed by atoms with E-state index in [2.05, 4.69) is 11.0 Å². The molecule has 0 aromatic heterocycles. The second-order valence-electron chi connectivity index (χ2n) is 4.00. The summed E-state index contributed by atoms with van der Waals surface area (Å²) in [7, 11) is 0. The van der Waals surface area contributed by atoms with E-state index in [1.807, 2.05) is 25.1 Å². The molecule has 1 heterocycles. The first-order chi connectivity index (χ1) is 7.20. The van der Waals surface area contributed by atoms with Crippen LogP contribution in [0, 0.1) is 18.3 Å². The molecule has 15 heavy (non-hydrogen) atoms. The number of hydrogen-bond acceptors (Lipinski definition) is 3. The average Bonchev–Trinajstić information content (AvgIpc) is 2.65. The van der Waals surface area contributed by atoms with Crippen LogP contribution in [0.15, 0.2) is 18.2 Å². The van der Waals surface area contributed by atoms with Gasteiger partial charge in [-0.1, -0.05) is 0 Å². The van der Waals surface area contributed by atoms with E-state index in [0.29, 0.717) is 6.54 Å². The molecule has 2 rings (SSSR count). The number of rotatable bonds is 1. The van der Waals surface area contributed by atoms with Crippen molar-refractivity contribution in [2.75, 3.05) is 18.0 Å². The molecule has 1 unspecified atom stereocenters. The molecule has 0 bridgehead atoms. The van der Waals surface area contributed by atoms with Crippen molar-refractivity contribution in [3.63, 3.8) is 0 Å². The van der Waals surface area contributed by atoms with Gasteiger partial charge in [0, 0.05) is 18.8 Å². The Balaban J connectivity index is 2.24. The predicted octanol–water partition coefficient (Wildman–Crippen LogP) is 1.44. The van der Waals surface area contributed by atoms with E-state index in [9.17, 15) is 5.11 Å². The first-order valence-electron chi connectivity index (χ1n) is 5.14. The van der Waals surface area contributed by atoms with Gasteiger partial charge in [-0.15, -0.1) is 0 Å². The van der Waals surface area contributed by atoms with Gasteiger partial charge >= 0.3 is 0 Å². The molecule has 1 aromatic rings. The molecule has 0 radical (unpaired) electrons. The molecular formula is C12H14N2O. The quantitative estimate of drug-likeness (QED) is 0.749. The summed E-state index contributed by atoms with van der Waals surface area (Å²) >= 11 is 0. The number of β-amino-alcohol motifs (C(OH)–C–C–N with tert-alkyl or cyclic N) is 1. The maximum Gasteiger partial charge on any atom is 0.0994 e. The summed E-state index contributed by atoms with van der Waals surface area (Å²) in [6.45, 7) is 3.53. The number of anilines is 1. The van der Waals surface area contributed by atoms with E-state index in [1.165, 1.54) is 0 Å². The van der Waals surface area contributed by atoms with E-state index in [1.54, 1.807) is 0 Å². The molecule has 1 N–H and O–H groups in total. The smallest absolute Gasteiger partial charge is 0.0994 e. The number of nitrogens with zero attached hydrogens (tertiary/aromatic N) is 2. The summed E-state index contributed by atoms with van der Waals surface area (Å²) in [6.07, 6.45) is 0.625. The van der Waals surface area contributed by atoms with Crippen molar-refractivity contribution in [2.24, 2.45) is 0 Å². The van der Waals surface area contributed by atoms with E-state index in [4.69, 9.17) is 5.26 Å². The second-order valence-corrected chi connectivity index (χ2v) is 4.00. The Morgan fingerprint density at radius 2 is 2.33 bits per heavy atom. The Kier molecular flexibility index (Phi) is 2.61. The Morgan fingerprint density at radius 1 is 1.53 bits per heavy atom. The molecule has 1 aliphatic heterocycles. The van der Waals surface area contributed by atoms with E-state index < -0.39 is 0 Å². The largest absolute Gasteiger partial charge is 0.391 e. The normalized spacial score (nSPS) is 20.3. The number of aliphatic hydroxyl groups is 1. The van der Waals surface area contributed by atoms with Crippen molar-refractivity contribution >= 4 is 5.69 Å². The zero-order chi connectivity index (χ0) is 10.8. The van der Waals surface area contributed by atoms with Gasteiger partial charge in [0.05, 0.1) is 17.7 Å². The molecule has 3 nitrogen and oxygen atoms in total. The Morgan fingerprint density at radius 3 is 2.87 bits per heavy atom. The summed E-state index contributed by atoms with van der Waals surface area (Å²) < 4.78 is 0. The van der Waals surface area contributed by atoms with E-state index in [-0.39, 0.29) is 6.10 Å². The summed E-state index contributed by atoms with van der Waals surface area (Å²) in [5.41, 5.74) is 2.82. The molecular weight excluding hydrogens is 188 g/mol. The van der Waals surface area contributed by atoms with Crippen molar-refractivity contribution in [1.82, 2.24) is 0 Å². The van der Waals surface area contributed by atoms with Gasteiger partial charge in [0.15, 0.2) is 0 Å². The average molecular weight is 202 g/mol. The number of aryl methyl sites for hydroxylation is 1. The van der Waals surface area contributed by atoms with Crippen molar-refractivity contribution in [1.29, 1.82) is 5.26 Å². The number of hydrogen-bond donors (Lipinski definition) is 1. The van der Waals surface area contributed by atoms with Crippen LogP contribution in [0.25, 0.3) is 0 Å². The van der Waals surface area contributed by atoms with Crippen LogP contribution < -0.4 is 4.90 Å². The summed E-state index contributed by atoms with van der Waals surface area (Å²) in [5.74, 6) is 0. The highest BCUT2D eigenvalue weighted by atomic mass is 16.3. The second kappa shape index (κ2) is 3.92. The lowest BCUT2D eigenvalue weighted by Gasteiger charge is -2.18. The van der Waals surface area contributed by atoms with E-state index in [0.717, 1.165) is 29.8 Å². The maximum atomic E-state index is 9.44. The molecule has 1 saturated heterocycles. The number of benzene rings is 1. The summed E-state index contributed by atoms with van der Waals surface area (Å²) in [4.78, 5) is 2.15. The van der Waals surface area contributed by atoms with Crippen LogP contribution in [0.2, 0.25) is 0 Å². The standard InChI is InChI=1S/C12H14N2O/c1-9-6-11(3-2-10(9)7-13)14-5-4-12(15)8-14/h2-3,6,12,15H,4-5,8H2,1H3. The molecule has 0 aliphatic carbocycles. The fourth-order valence-corrected chi connectivity index (χ4v) is 1.95. The lowest BCUT2D eigenvalue weighted by Crippen LogP contribution is -2.21. The molecule has 3 heteroatoms. The van der Waals surface area contributed by atoms with Crippen molar-refractivity contribution in [3.8, 4) is 6.07 Å². The van der Waals surface area contributed by atoms with Crippen molar-refractivity contribution in [2.45, 2.75) is 19.4 Å². The molecule has 0 amide bonds. The SMILES string of the molecule is Cc1cc(N2CCC(O)C2)ccc1C#N. The first kappa shape index (κ1) is 10.0. The van der Waals surface area contributed by atoms with Gasteiger partial charge in [0.25, 0.3) is 0 Å². The van der Waals surface area contributed by atoms with Gasteiger partial charge in [-0.3, -0.25) is 0 Å². The van der Waals surface area contributed by atoms with Crippen LogP contribution >= 0.6 is 0 Å². The van der Waals surface area contributed by atoms with Gasteiger partial charge in [0.2, 0.25) is 0 Å². The third kappa shape index (κ3) is 1.95. The Bertz CT molecular complexity index is 409. The minimum atomic E-state index is -0.207. The van der Waals surface area contributed by atoms with E-state index >= 15 is 0 Å². The van der Waals surface area contributed by atoms with Crippen LogP contribution in [-0.4, -0.2) is 24.3 Å². The van der Waals surface area contributed by atoms with Gasteiger partial charge in [-0.25, -0.2) is 0 Å². The van der Waals surface area contributed by atoms with Crippen LogP contribution in [0.5, 0.6) is 0 Å². The number of aliphatic hydroxyl groups excluding tert-OH is 1. The van der Waals surface area contributed by atoms with Crippen LogP contribution in [0.4, 0.5) is 5.69 Å². The Labute approximate surface area is 89.6 Å². The lowest BCUT2D eigenvalue weighted by atomic mass is 10.1. The van der Waals surface area contributed by atoms with Gasteiger partial charge in [0.1, 0.15) is 0 Å². The predicted molar refractivity (Wildman–Crippen MR) is 58.7 cm³/mol. The zero-order valence-electron chi connectivity index (χ0n) is 8.77. The molecule has 1 aliphatic rings. The maximum absolute atomic E-state index is 9.44. The van der Waals surface area contributed by atoms with Crippen molar-refractivity contribution < 1.29 is 5.11 Å². The molecule has 78 valence electrons. The lowest BCUT2D eigenvalue weighted by molar-refractivity contribution is 0.198. The highest BCUT2D eigenvalue weighted by molar-refractivity contribution is 5.54. The van der Waals surface area contributed by atoms with Gasteiger partial charge < -0.3 is 10.0 Å². The minimum absolute atomic E-state index is 0.207. The third-order valence-electron chi connectivity index (χ3n) is 2.86. The van der Waals surface area contributed by atoms with Gasteiger partial charge in [-0.05, 0) is 37.1 Å². The van der Waals surface area contributed by atoms with Gasteiger partial charge in [-0.2, -0.15) is 5.26 Å². The monoisotopic (exact) mass is 202 g/mol.